The van der Waals surface area contributed by atoms with E-state index in [9.17, 15) is 9.59 Å². The molecule has 1 fully saturated rings. The summed E-state index contributed by atoms with van der Waals surface area (Å²) in [4.78, 5) is 31.5. The molecule has 5 heteroatoms. The number of amides is 2. The average molecular weight is 427 g/mol. The standard InChI is InChI=1S/C25H34N2O2S/c1-3-20(2)16-27(25(29)22-12-7-8-13-22)19-24(28)26(18-23-14-9-15-30-23)17-21-10-5-4-6-11-21/h4-6,9-11,14-15,20,22H,3,7-8,12-13,16-19H2,1-2H3/t20-/m1/s1. The Balaban J connectivity index is 1.74. The van der Waals surface area contributed by atoms with E-state index >= 15 is 0 Å². The zero-order valence-electron chi connectivity index (χ0n) is 18.3. The number of thiophene rings is 1. The van der Waals surface area contributed by atoms with Gasteiger partial charge in [-0.2, -0.15) is 0 Å². The molecule has 1 aliphatic carbocycles. The maximum atomic E-state index is 13.4. The zero-order chi connectivity index (χ0) is 21.3. The molecule has 0 unspecified atom stereocenters. The fraction of sp³-hybridized carbons (Fsp3) is 0.520. The average Bonchev–Trinajstić information content (AvgIpc) is 3.47. The SMILES string of the molecule is CC[C@@H](C)CN(CC(=O)N(Cc1ccccc1)Cc1cccs1)C(=O)C1CCCC1. The molecule has 30 heavy (non-hydrogen) atoms. The number of carbonyl (C=O) groups is 2. The molecule has 1 atom stereocenters. The predicted octanol–water partition coefficient (Wildman–Crippen LogP) is 5.34. The van der Waals surface area contributed by atoms with Gasteiger partial charge in [0.25, 0.3) is 0 Å². The van der Waals surface area contributed by atoms with Gasteiger partial charge in [-0.3, -0.25) is 9.59 Å². The van der Waals surface area contributed by atoms with Crippen molar-refractivity contribution in [2.75, 3.05) is 13.1 Å². The summed E-state index contributed by atoms with van der Waals surface area (Å²) >= 11 is 1.66. The van der Waals surface area contributed by atoms with Crippen LogP contribution in [0.4, 0.5) is 0 Å². The summed E-state index contributed by atoms with van der Waals surface area (Å²) < 4.78 is 0. The fourth-order valence-corrected chi connectivity index (χ4v) is 4.78. The van der Waals surface area contributed by atoms with Crippen LogP contribution >= 0.6 is 11.3 Å². The van der Waals surface area contributed by atoms with E-state index in [0.717, 1.165) is 42.5 Å². The lowest BCUT2D eigenvalue weighted by atomic mass is 10.0. The summed E-state index contributed by atoms with van der Waals surface area (Å²) in [6.45, 7) is 6.29. The van der Waals surface area contributed by atoms with Crippen LogP contribution in [0.2, 0.25) is 0 Å². The van der Waals surface area contributed by atoms with Crippen LogP contribution in [0.5, 0.6) is 0 Å². The number of rotatable bonds is 10. The highest BCUT2D eigenvalue weighted by Crippen LogP contribution is 2.27. The van der Waals surface area contributed by atoms with Crippen LogP contribution in [0.3, 0.4) is 0 Å². The van der Waals surface area contributed by atoms with E-state index in [1.165, 1.54) is 0 Å². The van der Waals surface area contributed by atoms with Gasteiger partial charge in [-0.05, 0) is 35.8 Å². The topological polar surface area (TPSA) is 40.6 Å². The Kier molecular flexibility index (Phi) is 8.50. The molecular weight excluding hydrogens is 392 g/mol. The molecule has 1 heterocycles. The molecule has 1 aromatic carbocycles. The Labute approximate surface area is 184 Å². The Morgan fingerprint density at radius 1 is 1.03 bits per heavy atom. The first-order valence-electron chi connectivity index (χ1n) is 11.2. The normalized spacial score (nSPS) is 15.1. The maximum absolute atomic E-state index is 13.4. The Morgan fingerprint density at radius 2 is 1.77 bits per heavy atom. The van der Waals surface area contributed by atoms with Crippen molar-refractivity contribution in [3.8, 4) is 0 Å². The molecule has 0 aliphatic heterocycles. The number of carbonyl (C=O) groups excluding carboxylic acids is 2. The first-order valence-corrected chi connectivity index (χ1v) is 12.1. The lowest BCUT2D eigenvalue weighted by Crippen LogP contribution is -2.45. The van der Waals surface area contributed by atoms with Crippen molar-refractivity contribution in [3.63, 3.8) is 0 Å². The smallest absolute Gasteiger partial charge is 0.242 e. The molecule has 0 spiro atoms. The summed E-state index contributed by atoms with van der Waals surface area (Å²) in [6, 6.07) is 14.2. The van der Waals surface area contributed by atoms with Crippen LogP contribution in [-0.2, 0) is 22.7 Å². The minimum Gasteiger partial charge on any atom is -0.333 e. The number of nitrogens with zero attached hydrogens (tertiary/aromatic N) is 2. The van der Waals surface area contributed by atoms with Gasteiger partial charge in [0, 0.05) is 23.9 Å². The van der Waals surface area contributed by atoms with Crippen molar-refractivity contribution >= 4 is 23.2 Å². The minimum atomic E-state index is 0.0295. The van der Waals surface area contributed by atoms with E-state index in [1.54, 1.807) is 11.3 Å². The molecular formula is C25H34N2O2S. The van der Waals surface area contributed by atoms with E-state index in [1.807, 2.05) is 39.4 Å². The molecule has 3 rings (SSSR count). The van der Waals surface area contributed by atoms with Gasteiger partial charge in [0.05, 0.1) is 13.1 Å². The molecule has 2 aromatic rings. The van der Waals surface area contributed by atoms with Crippen molar-refractivity contribution in [2.45, 2.75) is 59.0 Å². The molecule has 0 radical (unpaired) electrons. The third kappa shape index (κ3) is 6.43. The summed E-state index contributed by atoms with van der Waals surface area (Å²) in [5.41, 5.74) is 1.11. The maximum Gasteiger partial charge on any atom is 0.242 e. The van der Waals surface area contributed by atoms with Crippen molar-refractivity contribution < 1.29 is 9.59 Å². The highest BCUT2D eigenvalue weighted by atomic mass is 32.1. The van der Waals surface area contributed by atoms with Crippen molar-refractivity contribution in [1.82, 2.24) is 9.80 Å². The highest BCUT2D eigenvalue weighted by Gasteiger charge is 2.30. The molecule has 1 saturated carbocycles. The highest BCUT2D eigenvalue weighted by molar-refractivity contribution is 7.09. The second-order valence-electron chi connectivity index (χ2n) is 8.53. The molecule has 0 N–H and O–H groups in total. The largest absolute Gasteiger partial charge is 0.333 e. The fourth-order valence-electron chi connectivity index (χ4n) is 4.06. The Hall–Kier alpha value is -2.14. The van der Waals surface area contributed by atoms with Gasteiger partial charge >= 0.3 is 0 Å². The second kappa shape index (κ2) is 11.3. The zero-order valence-corrected chi connectivity index (χ0v) is 19.1. The van der Waals surface area contributed by atoms with Gasteiger partial charge in [0.15, 0.2) is 0 Å². The molecule has 2 amide bonds. The predicted molar refractivity (Wildman–Crippen MR) is 123 cm³/mol. The van der Waals surface area contributed by atoms with Gasteiger partial charge in [-0.15, -0.1) is 11.3 Å². The first-order chi connectivity index (χ1) is 14.6. The van der Waals surface area contributed by atoms with Gasteiger partial charge in [0.1, 0.15) is 0 Å². The van der Waals surface area contributed by atoms with E-state index < -0.39 is 0 Å². The monoisotopic (exact) mass is 426 g/mol. The summed E-state index contributed by atoms with van der Waals surface area (Å²) in [6.07, 6.45) is 5.19. The van der Waals surface area contributed by atoms with Crippen molar-refractivity contribution in [3.05, 3.63) is 58.3 Å². The van der Waals surface area contributed by atoms with Crippen LogP contribution in [0, 0.1) is 11.8 Å². The molecule has 0 saturated heterocycles. The number of benzene rings is 1. The van der Waals surface area contributed by atoms with E-state index in [-0.39, 0.29) is 24.3 Å². The van der Waals surface area contributed by atoms with E-state index in [2.05, 4.69) is 32.0 Å². The van der Waals surface area contributed by atoms with Crippen LogP contribution in [-0.4, -0.2) is 34.7 Å². The van der Waals surface area contributed by atoms with E-state index in [4.69, 9.17) is 0 Å². The molecule has 162 valence electrons. The van der Waals surface area contributed by atoms with Crippen molar-refractivity contribution in [1.29, 1.82) is 0 Å². The van der Waals surface area contributed by atoms with Crippen LogP contribution in [0.1, 0.15) is 56.4 Å². The lowest BCUT2D eigenvalue weighted by Gasteiger charge is -2.30. The first kappa shape index (κ1) is 22.5. The quantitative estimate of drug-likeness (QED) is 0.514. The number of hydrogen-bond acceptors (Lipinski definition) is 3. The molecule has 0 bridgehead atoms. The van der Waals surface area contributed by atoms with Crippen LogP contribution < -0.4 is 0 Å². The lowest BCUT2D eigenvalue weighted by molar-refractivity contribution is -0.144. The number of hydrogen-bond donors (Lipinski definition) is 0. The van der Waals surface area contributed by atoms with E-state index in [0.29, 0.717) is 25.6 Å². The van der Waals surface area contributed by atoms with Gasteiger partial charge in [-0.1, -0.05) is 69.5 Å². The summed E-state index contributed by atoms with van der Waals surface area (Å²) in [5.74, 6) is 0.698. The van der Waals surface area contributed by atoms with Gasteiger partial charge < -0.3 is 9.80 Å². The Morgan fingerprint density at radius 3 is 2.40 bits per heavy atom. The minimum absolute atomic E-state index is 0.0295. The molecule has 1 aromatic heterocycles. The van der Waals surface area contributed by atoms with Crippen molar-refractivity contribution in [2.24, 2.45) is 11.8 Å². The third-order valence-electron chi connectivity index (χ3n) is 6.07. The van der Waals surface area contributed by atoms with Crippen LogP contribution in [0.25, 0.3) is 0 Å². The molecule has 1 aliphatic rings. The van der Waals surface area contributed by atoms with Gasteiger partial charge in [-0.25, -0.2) is 0 Å². The Bertz CT molecular complexity index is 785. The second-order valence-corrected chi connectivity index (χ2v) is 9.56. The summed E-state index contributed by atoms with van der Waals surface area (Å²) in [7, 11) is 0. The van der Waals surface area contributed by atoms with Gasteiger partial charge in [0.2, 0.25) is 11.8 Å². The summed E-state index contributed by atoms with van der Waals surface area (Å²) in [5, 5.41) is 2.04. The third-order valence-corrected chi connectivity index (χ3v) is 6.93. The van der Waals surface area contributed by atoms with Crippen LogP contribution in [0.15, 0.2) is 47.8 Å². The molecule has 4 nitrogen and oxygen atoms in total.